The fraction of sp³-hybridized carbons (Fsp3) is 0.647. The van der Waals surface area contributed by atoms with Crippen molar-refractivity contribution >= 4 is 5.69 Å². The Balaban J connectivity index is 0.926. The number of piperazine rings is 1. The van der Waals surface area contributed by atoms with Crippen molar-refractivity contribution in [2.45, 2.75) is 89.8 Å². The maximum atomic E-state index is 12.9. The zero-order chi connectivity index (χ0) is 30.7. The molecule has 2 aromatic carbocycles. The van der Waals surface area contributed by atoms with Gasteiger partial charge in [0.05, 0.1) is 12.2 Å². The second-order valence-corrected chi connectivity index (χ2v) is 13.7. The summed E-state index contributed by atoms with van der Waals surface area (Å²) in [5.74, 6) is 0.428. The lowest BCUT2D eigenvalue weighted by Gasteiger charge is -2.60. The maximum absolute atomic E-state index is 12.9. The second-order valence-electron chi connectivity index (χ2n) is 13.7. The molecule has 1 spiro atoms. The summed E-state index contributed by atoms with van der Waals surface area (Å²) in [6, 6.07) is 14.0. The minimum absolute atomic E-state index is 0.136. The van der Waals surface area contributed by atoms with E-state index in [9.17, 15) is 13.2 Å². The van der Waals surface area contributed by atoms with E-state index in [0.29, 0.717) is 18.4 Å². The van der Waals surface area contributed by atoms with Crippen molar-refractivity contribution in [3.63, 3.8) is 0 Å². The summed E-state index contributed by atoms with van der Waals surface area (Å²) in [7, 11) is 0. The van der Waals surface area contributed by atoms with Gasteiger partial charge in [0.2, 0.25) is 5.79 Å². The standard InChI is InChI=1S/C34H43F3N2O5/c1-22-4-13-29-23(2)30(41-31-33(29)28(22)14-15-32(3,42-31)43-44-33)40-21-25-7-5-24(6-8-25)20-38-16-18-39(19-17-38)27-11-9-26(10-12-27)34(35,36)37/h5-12,22-23,28-31H,4,13-21H2,1-3H3/t22-,23-,28+,29+,30+,31-,32-,33-/m1/s1. The van der Waals surface area contributed by atoms with Crippen LogP contribution in [0.3, 0.4) is 0 Å². The Morgan fingerprint density at radius 2 is 1.57 bits per heavy atom. The van der Waals surface area contributed by atoms with Gasteiger partial charge < -0.3 is 19.1 Å². The molecule has 44 heavy (non-hydrogen) atoms. The van der Waals surface area contributed by atoms with Gasteiger partial charge in [-0.15, -0.1) is 0 Å². The van der Waals surface area contributed by atoms with E-state index in [1.54, 1.807) is 12.1 Å². The molecule has 6 fully saturated rings. The van der Waals surface area contributed by atoms with Crippen molar-refractivity contribution in [1.82, 2.24) is 4.90 Å². The number of ether oxygens (including phenoxy) is 3. The SMILES string of the molecule is C[C@H]1[C@@H](OCc2ccc(CN3CCN(c4ccc(C(F)(F)F)cc4)CC3)cc2)O[C@@H]2O[C@@]3(C)CC[C@H]4[C@H](C)CC[C@@H]1[C@@]24OO3. The fourth-order valence-electron chi connectivity index (χ4n) is 8.27. The molecule has 7 nitrogen and oxygen atoms in total. The number of fused-ring (bicyclic) bond motifs is 2. The molecule has 8 atom stereocenters. The normalized spacial score (nSPS) is 37.5. The topological polar surface area (TPSA) is 52.6 Å². The fourth-order valence-corrected chi connectivity index (χ4v) is 8.27. The summed E-state index contributed by atoms with van der Waals surface area (Å²) in [6.45, 7) is 11.0. The summed E-state index contributed by atoms with van der Waals surface area (Å²) in [5.41, 5.74) is 1.94. The predicted octanol–water partition coefficient (Wildman–Crippen LogP) is 6.75. The molecule has 2 bridgehead atoms. The monoisotopic (exact) mass is 616 g/mol. The molecule has 0 amide bonds. The van der Waals surface area contributed by atoms with Crippen LogP contribution < -0.4 is 4.90 Å². The van der Waals surface area contributed by atoms with Gasteiger partial charge in [0.15, 0.2) is 18.2 Å². The van der Waals surface area contributed by atoms with E-state index in [0.717, 1.165) is 81.8 Å². The van der Waals surface area contributed by atoms with Crippen molar-refractivity contribution in [2.24, 2.45) is 23.7 Å². The largest absolute Gasteiger partial charge is 0.416 e. The third kappa shape index (κ3) is 5.56. The molecule has 1 saturated carbocycles. The van der Waals surface area contributed by atoms with Crippen LogP contribution in [0.4, 0.5) is 18.9 Å². The summed E-state index contributed by atoms with van der Waals surface area (Å²) in [4.78, 5) is 16.7. The number of nitrogens with zero attached hydrogens (tertiary/aromatic N) is 2. The number of benzene rings is 2. The lowest BCUT2D eigenvalue weighted by atomic mass is 9.58. The summed E-state index contributed by atoms with van der Waals surface area (Å²) < 4.78 is 58.1. The van der Waals surface area contributed by atoms with Crippen LogP contribution in [0.15, 0.2) is 48.5 Å². The smallest absolute Gasteiger partial charge is 0.369 e. The highest BCUT2D eigenvalue weighted by molar-refractivity contribution is 5.48. The van der Waals surface area contributed by atoms with Gasteiger partial charge in [-0.25, -0.2) is 9.78 Å². The lowest BCUT2D eigenvalue weighted by Crippen LogP contribution is -2.70. The summed E-state index contributed by atoms with van der Waals surface area (Å²) in [5, 5.41) is 0. The van der Waals surface area contributed by atoms with Gasteiger partial charge in [-0.05, 0) is 73.4 Å². The third-order valence-electron chi connectivity index (χ3n) is 10.9. The van der Waals surface area contributed by atoms with E-state index in [2.05, 4.69) is 47.9 Å². The zero-order valence-electron chi connectivity index (χ0n) is 25.7. The Morgan fingerprint density at radius 3 is 2.27 bits per heavy atom. The molecule has 240 valence electrons. The average Bonchev–Trinajstić information content (AvgIpc) is 3.24. The van der Waals surface area contributed by atoms with Crippen LogP contribution in [0.2, 0.25) is 0 Å². The van der Waals surface area contributed by atoms with Crippen LogP contribution in [-0.2, 0) is 43.3 Å². The highest BCUT2D eigenvalue weighted by Gasteiger charge is 2.69. The van der Waals surface area contributed by atoms with Crippen LogP contribution in [0.5, 0.6) is 0 Å². The molecule has 6 aliphatic rings. The van der Waals surface area contributed by atoms with Gasteiger partial charge in [0.25, 0.3) is 0 Å². The first-order chi connectivity index (χ1) is 21.0. The highest BCUT2D eigenvalue weighted by Crippen LogP contribution is 2.60. The van der Waals surface area contributed by atoms with E-state index in [4.69, 9.17) is 24.0 Å². The minimum atomic E-state index is -4.31. The molecule has 0 unspecified atom stereocenters. The first kappa shape index (κ1) is 30.4. The van der Waals surface area contributed by atoms with Gasteiger partial charge in [-0.1, -0.05) is 38.1 Å². The van der Waals surface area contributed by atoms with Crippen LogP contribution in [0, 0.1) is 23.7 Å². The van der Waals surface area contributed by atoms with Crippen LogP contribution in [0.1, 0.15) is 63.1 Å². The Bertz CT molecular complexity index is 1300. The number of hydrogen-bond donors (Lipinski definition) is 0. The molecule has 0 N–H and O–H groups in total. The summed E-state index contributed by atoms with van der Waals surface area (Å²) in [6.07, 6.45) is -1.22. The molecule has 5 aliphatic heterocycles. The molecule has 5 heterocycles. The van der Waals surface area contributed by atoms with Gasteiger partial charge >= 0.3 is 6.18 Å². The quantitative estimate of drug-likeness (QED) is 0.333. The van der Waals surface area contributed by atoms with Gasteiger partial charge in [-0.2, -0.15) is 13.2 Å². The number of rotatable bonds is 6. The number of halogens is 3. The first-order valence-electron chi connectivity index (χ1n) is 16.1. The van der Waals surface area contributed by atoms with Crippen molar-refractivity contribution in [3.05, 3.63) is 65.2 Å². The number of hydrogen-bond acceptors (Lipinski definition) is 7. The van der Waals surface area contributed by atoms with Gasteiger partial charge in [0.1, 0.15) is 0 Å². The van der Waals surface area contributed by atoms with Crippen molar-refractivity contribution in [3.8, 4) is 0 Å². The van der Waals surface area contributed by atoms with Crippen LogP contribution in [0.25, 0.3) is 0 Å². The lowest BCUT2D eigenvalue weighted by molar-refractivity contribution is -0.577. The first-order valence-corrected chi connectivity index (χ1v) is 16.1. The molecular weight excluding hydrogens is 573 g/mol. The van der Waals surface area contributed by atoms with E-state index in [1.807, 2.05) is 6.92 Å². The Hall–Kier alpha value is -2.21. The average molecular weight is 617 g/mol. The van der Waals surface area contributed by atoms with Gasteiger partial charge in [-0.3, -0.25) is 4.90 Å². The van der Waals surface area contributed by atoms with Crippen LogP contribution in [-0.4, -0.2) is 55.0 Å². The predicted molar refractivity (Wildman–Crippen MR) is 157 cm³/mol. The third-order valence-corrected chi connectivity index (χ3v) is 10.9. The minimum Gasteiger partial charge on any atom is -0.369 e. The Morgan fingerprint density at radius 1 is 0.864 bits per heavy atom. The van der Waals surface area contributed by atoms with E-state index in [-0.39, 0.29) is 11.8 Å². The molecular formula is C34H43F3N2O5. The molecule has 0 aromatic heterocycles. The highest BCUT2D eigenvalue weighted by atomic mass is 19.4. The number of alkyl halides is 3. The van der Waals surface area contributed by atoms with E-state index >= 15 is 0 Å². The summed E-state index contributed by atoms with van der Waals surface area (Å²) >= 11 is 0. The maximum Gasteiger partial charge on any atom is 0.416 e. The number of anilines is 1. The Kier molecular flexibility index (Phi) is 7.99. The molecule has 5 saturated heterocycles. The molecule has 10 heteroatoms. The Labute approximate surface area is 257 Å². The van der Waals surface area contributed by atoms with E-state index < -0.39 is 35.7 Å². The van der Waals surface area contributed by atoms with E-state index in [1.165, 1.54) is 5.56 Å². The van der Waals surface area contributed by atoms with Crippen molar-refractivity contribution in [1.29, 1.82) is 0 Å². The zero-order valence-corrected chi connectivity index (χ0v) is 25.7. The molecule has 8 rings (SSSR count). The molecule has 2 aromatic rings. The van der Waals surface area contributed by atoms with Gasteiger partial charge in [0, 0.05) is 56.7 Å². The van der Waals surface area contributed by atoms with Crippen LogP contribution >= 0.6 is 0 Å². The second kappa shape index (κ2) is 11.5. The molecule has 0 radical (unpaired) electrons. The van der Waals surface area contributed by atoms with Crippen molar-refractivity contribution < 1.29 is 37.2 Å². The van der Waals surface area contributed by atoms with Crippen molar-refractivity contribution in [2.75, 3.05) is 31.1 Å². The molecule has 1 aliphatic carbocycles.